The van der Waals surface area contributed by atoms with E-state index in [4.69, 9.17) is 0 Å². The van der Waals surface area contributed by atoms with Crippen LogP contribution in [0.25, 0.3) is 0 Å². The van der Waals surface area contributed by atoms with Gasteiger partial charge in [-0.1, -0.05) is 34.1 Å². The van der Waals surface area contributed by atoms with Crippen molar-refractivity contribution in [1.29, 1.82) is 0 Å². The monoisotopic (exact) mass is 180 g/mol. The summed E-state index contributed by atoms with van der Waals surface area (Å²) in [6.45, 7) is 9.68. The molecule has 0 aromatic carbocycles. The van der Waals surface area contributed by atoms with Gasteiger partial charge < -0.3 is 0 Å². The lowest BCUT2D eigenvalue weighted by Crippen LogP contribution is -2.55. The van der Waals surface area contributed by atoms with Gasteiger partial charge in [0.25, 0.3) is 0 Å². The minimum atomic E-state index is 0.836. The van der Waals surface area contributed by atoms with Gasteiger partial charge in [0.15, 0.2) is 0 Å². The van der Waals surface area contributed by atoms with Gasteiger partial charge >= 0.3 is 0 Å². The van der Waals surface area contributed by atoms with Crippen molar-refractivity contribution in [2.45, 2.75) is 53.4 Å². The molecule has 2 atom stereocenters. The lowest BCUT2D eigenvalue weighted by molar-refractivity contribution is -0.144. The number of hydrogen-bond acceptors (Lipinski definition) is 0. The molecule has 0 aromatic heterocycles. The maximum atomic E-state index is 2.43. The highest BCUT2D eigenvalue weighted by atomic mass is 14.6. The molecule has 0 saturated heterocycles. The van der Waals surface area contributed by atoms with Crippen molar-refractivity contribution < 1.29 is 0 Å². The molecule has 0 heterocycles. The van der Waals surface area contributed by atoms with Gasteiger partial charge in [-0.2, -0.15) is 0 Å². The summed E-state index contributed by atoms with van der Waals surface area (Å²) in [6, 6.07) is 0. The van der Waals surface area contributed by atoms with Crippen molar-refractivity contribution in [2.75, 3.05) is 0 Å². The lowest BCUT2D eigenvalue weighted by atomic mass is 9.41. The topological polar surface area (TPSA) is 0 Å². The van der Waals surface area contributed by atoms with Crippen LogP contribution in [0.15, 0.2) is 0 Å². The van der Waals surface area contributed by atoms with Gasteiger partial charge in [-0.05, 0) is 48.3 Å². The maximum absolute atomic E-state index is 2.43. The predicted molar refractivity (Wildman–Crippen MR) is 57.6 cm³/mol. The van der Waals surface area contributed by atoms with Crippen LogP contribution in [0.3, 0.4) is 0 Å². The van der Waals surface area contributed by atoms with Crippen LogP contribution in [0.4, 0.5) is 0 Å². The third kappa shape index (κ3) is 1.25. The molecule has 0 nitrogen and oxygen atoms in total. The van der Waals surface area contributed by atoms with E-state index < -0.39 is 0 Å². The second-order valence-corrected chi connectivity index (χ2v) is 6.10. The Balaban J connectivity index is 2.05. The number of rotatable bonds is 2. The molecule has 2 aliphatic rings. The van der Waals surface area contributed by atoms with Crippen LogP contribution >= 0.6 is 0 Å². The molecule has 2 unspecified atom stereocenters. The summed E-state index contributed by atoms with van der Waals surface area (Å²) >= 11 is 0. The molecule has 0 bridgehead atoms. The molecule has 0 aliphatic heterocycles. The Morgan fingerprint density at radius 1 is 1.00 bits per heavy atom. The Morgan fingerprint density at radius 3 is 1.92 bits per heavy atom. The van der Waals surface area contributed by atoms with Crippen molar-refractivity contribution in [2.24, 2.45) is 29.1 Å². The SMILES string of the molecule is CC(C)C1CC2(CCC2)C1C(C)C. The first-order valence-electron chi connectivity index (χ1n) is 6.07. The summed E-state index contributed by atoms with van der Waals surface area (Å²) in [4.78, 5) is 0. The van der Waals surface area contributed by atoms with Crippen LogP contribution in [-0.4, -0.2) is 0 Å². The van der Waals surface area contributed by atoms with E-state index in [1.165, 1.54) is 6.42 Å². The highest BCUT2D eigenvalue weighted by Crippen LogP contribution is 2.66. The zero-order valence-corrected chi connectivity index (χ0v) is 9.64. The summed E-state index contributed by atoms with van der Waals surface area (Å²) in [5.74, 6) is 3.93. The molecule has 76 valence electrons. The summed E-state index contributed by atoms with van der Waals surface area (Å²) in [5, 5.41) is 0. The van der Waals surface area contributed by atoms with Crippen molar-refractivity contribution in [3.63, 3.8) is 0 Å². The Bertz CT molecular complexity index is 186. The van der Waals surface area contributed by atoms with E-state index in [0.29, 0.717) is 0 Å². The molecular formula is C13H24. The predicted octanol–water partition coefficient (Wildman–Crippen LogP) is 4.10. The van der Waals surface area contributed by atoms with Crippen molar-refractivity contribution in [3.8, 4) is 0 Å². The molecule has 0 heteroatoms. The molecule has 2 rings (SSSR count). The van der Waals surface area contributed by atoms with E-state index in [1.807, 2.05) is 0 Å². The average molecular weight is 180 g/mol. The van der Waals surface area contributed by atoms with Crippen LogP contribution in [0, 0.1) is 29.1 Å². The second kappa shape index (κ2) is 3.00. The molecule has 2 saturated carbocycles. The molecule has 0 N–H and O–H groups in total. The number of hydrogen-bond donors (Lipinski definition) is 0. The highest BCUT2D eigenvalue weighted by Gasteiger charge is 2.57. The van der Waals surface area contributed by atoms with E-state index >= 15 is 0 Å². The van der Waals surface area contributed by atoms with Crippen molar-refractivity contribution >= 4 is 0 Å². The first-order valence-corrected chi connectivity index (χ1v) is 6.07. The zero-order chi connectivity index (χ0) is 9.64. The van der Waals surface area contributed by atoms with E-state index in [2.05, 4.69) is 27.7 Å². The lowest BCUT2D eigenvalue weighted by Gasteiger charge is -2.64. The van der Waals surface area contributed by atoms with Crippen LogP contribution < -0.4 is 0 Å². The van der Waals surface area contributed by atoms with Crippen molar-refractivity contribution in [3.05, 3.63) is 0 Å². The Hall–Kier alpha value is 0. The molecule has 2 fully saturated rings. The highest BCUT2D eigenvalue weighted by molar-refractivity contribution is 5.07. The van der Waals surface area contributed by atoms with Crippen molar-refractivity contribution in [1.82, 2.24) is 0 Å². The van der Waals surface area contributed by atoms with E-state index in [9.17, 15) is 0 Å². The second-order valence-electron chi connectivity index (χ2n) is 6.10. The summed E-state index contributed by atoms with van der Waals surface area (Å²) in [5.41, 5.74) is 0.836. The van der Waals surface area contributed by atoms with Crippen LogP contribution in [0.5, 0.6) is 0 Å². The average Bonchev–Trinajstić information content (AvgIpc) is 1.77. The van der Waals surface area contributed by atoms with Crippen LogP contribution in [0.2, 0.25) is 0 Å². The quantitative estimate of drug-likeness (QED) is 0.600. The fraction of sp³-hybridized carbons (Fsp3) is 1.00. The standard InChI is InChI=1S/C13H24/c1-9(2)11-8-13(6-5-7-13)12(11)10(3)4/h9-12H,5-8H2,1-4H3. The maximum Gasteiger partial charge on any atom is -0.0261 e. The molecule has 13 heavy (non-hydrogen) atoms. The van der Waals surface area contributed by atoms with Crippen LogP contribution in [-0.2, 0) is 0 Å². The van der Waals surface area contributed by atoms with Gasteiger partial charge in [0.1, 0.15) is 0 Å². The summed E-state index contributed by atoms with van der Waals surface area (Å²) in [6.07, 6.45) is 6.14. The molecule has 0 amide bonds. The Morgan fingerprint density at radius 2 is 1.62 bits per heavy atom. The fourth-order valence-corrected chi connectivity index (χ4v) is 4.05. The smallest absolute Gasteiger partial charge is 0.0261 e. The van der Waals surface area contributed by atoms with Gasteiger partial charge in [-0.15, -0.1) is 0 Å². The first kappa shape index (κ1) is 9.55. The molecule has 2 aliphatic carbocycles. The van der Waals surface area contributed by atoms with E-state index in [-0.39, 0.29) is 0 Å². The van der Waals surface area contributed by atoms with Gasteiger partial charge in [0.05, 0.1) is 0 Å². The minimum absolute atomic E-state index is 0.836. The third-order valence-electron chi connectivity index (χ3n) is 4.73. The van der Waals surface area contributed by atoms with Crippen LogP contribution in [0.1, 0.15) is 53.4 Å². The Kier molecular flexibility index (Phi) is 2.20. The van der Waals surface area contributed by atoms with Gasteiger partial charge in [-0.3, -0.25) is 0 Å². The van der Waals surface area contributed by atoms with E-state index in [0.717, 1.165) is 29.1 Å². The zero-order valence-electron chi connectivity index (χ0n) is 9.64. The minimum Gasteiger partial charge on any atom is -0.0625 e. The fourth-order valence-electron chi connectivity index (χ4n) is 4.05. The van der Waals surface area contributed by atoms with E-state index in [1.54, 1.807) is 19.3 Å². The molecule has 0 aromatic rings. The molecule has 1 spiro atoms. The first-order chi connectivity index (χ1) is 6.07. The molecule has 0 radical (unpaired) electrons. The van der Waals surface area contributed by atoms with Gasteiger partial charge in [0, 0.05) is 0 Å². The largest absolute Gasteiger partial charge is 0.0625 e. The normalized spacial score (nSPS) is 36.5. The summed E-state index contributed by atoms with van der Waals surface area (Å²) in [7, 11) is 0. The van der Waals surface area contributed by atoms with Gasteiger partial charge in [0.2, 0.25) is 0 Å². The third-order valence-corrected chi connectivity index (χ3v) is 4.73. The van der Waals surface area contributed by atoms with Gasteiger partial charge in [-0.25, -0.2) is 0 Å². The summed E-state index contributed by atoms with van der Waals surface area (Å²) < 4.78 is 0. The molecular weight excluding hydrogens is 156 g/mol. The Labute approximate surface area is 83.1 Å².